The van der Waals surface area contributed by atoms with Crippen LogP contribution in [0.2, 0.25) is 0 Å². The molecular weight excluding hydrogens is 809 g/mol. The number of likely N-dealkylation sites (N-methyl/N-ethyl adjacent to an activating group) is 1. The summed E-state index contributed by atoms with van der Waals surface area (Å²) in [5.74, 6) is 0.419. The van der Waals surface area contributed by atoms with Crippen molar-refractivity contribution in [3.63, 3.8) is 0 Å². The molecule has 16 heteroatoms. The number of hydrogen-bond acceptors (Lipinski definition) is 12. The van der Waals surface area contributed by atoms with Crippen LogP contribution in [0.5, 0.6) is 0 Å². The molecule has 14 nitrogen and oxygen atoms in total. The molecule has 2 saturated heterocycles. The van der Waals surface area contributed by atoms with Gasteiger partial charge in [0, 0.05) is 111 Å². The van der Waals surface area contributed by atoms with Crippen molar-refractivity contribution < 1.29 is 19.2 Å². The second-order valence-corrected chi connectivity index (χ2v) is 19.0. The van der Waals surface area contributed by atoms with Gasteiger partial charge >= 0.3 is 12.1 Å². The first kappa shape index (κ1) is 44.5. The van der Waals surface area contributed by atoms with Gasteiger partial charge in [0.15, 0.2) is 21.8 Å². The van der Waals surface area contributed by atoms with Crippen molar-refractivity contribution in [3.05, 3.63) is 80.8 Å². The van der Waals surface area contributed by atoms with Crippen LogP contribution in [0.3, 0.4) is 0 Å². The number of carbonyl (C=O) groups excluding carboxylic acids is 4. The number of rotatable bonds is 12. The molecule has 8 rings (SSSR count). The molecule has 4 aliphatic rings. The fraction of sp³-hybridized carbons (Fsp3) is 0.511. The Balaban J connectivity index is 0.000000184. The van der Waals surface area contributed by atoms with Crippen molar-refractivity contribution in [2.45, 2.75) is 78.3 Å². The first-order valence-corrected chi connectivity index (χ1v) is 23.4. The van der Waals surface area contributed by atoms with E-state index in [1.54, 1.807) is 0 Å². The van der Waals surface area contributed by atoms with Gasteiger partial charge in [0.25, 0.3) is 0 Å². The number of urea groups is 2. The number of aromatic nitrogens is 2. The molecule has 4 amide bonds. The molecule has 4 heterocycles. The third-order valence-electron chi connectivity index (χ3n) is 11.9. The van der Waals surface area contributed by atoms with E-state index in [1.165, 1.54) is 22.7 Å². The Morgan fingerprint density at radius 2 is 1.05 bits per heavy atom. The van der Waals surface area contributed by atoms with E-state index in [9.17, 15) is 19.2 Å². The maximum absolute atomic E-state index is 13.0. The number of anilines is 4. The molecule has 0 unspecified atom stereocenters. The maximum atomic E-state index is 13.0. The molecule has 326 valence electrons. The zero-order valence-electron chi connectivity index (χ0n) is 35.7. The summed E-state index contributed by atoms with van der Waals surface area (Å²) in [6.07, 6.45) is 11.8. The normalized spacial score (nSPS) is 18.0. The van der Waals surface area contributed by atoms with E-state index in [2.05, 4.69) is 58.3 Å². The van der Waals surface area contributed by atoms with E-state index in [0.717, 1.165) is 138 Å². The van der Waals surface area contributed by atoms with E-state index < -0.39 is 0 Å². The number of carbonyl (C=O) groups is 4. The fourth-order valence-corrected chi connectivity index (χ4v) is 10.2. The molecule has 0 atom stereocenters. The Bertz CT molecular complexity index is 2130. The van der Waals surface area contributed by atoms with Gasteiger partial charge in [0.2, 0.25) is 0 Å². The summed E-state index contributed by atoms with van der Waals surface area (Å²) in [4.78, 5) is 69.2. The highest BCUT2D eigenvalue weighted by atomic mass is 32.1. The number of thiazole rings is 2. The third kappa shape index (κ3) is 12.7. The van der Waals surface area contributed by atoms with Gasteiger partial charge in [0.05, 0.1) is 11.4 Å². The lowest BCUT2D eigenvalue weighted by Gasteiger charge is -2.31. The summed E-state index contributed by atoms with van der Waals surface area (Å²) in [6.45, 7) is 13.9. The van der Waals surface area contributed by atoms with Crippen LogP contribution in [0.15, 0.2) is 48.8 Å². The maximum Gasteiger partial charge on any atom is 0.325 e. The van der Waals surface area contributed by atoms with Crippen molar-refractivity contribution in [3.8, 4) is 0 Å². The molecule has 2 aliphatic heterocycles. The van der Waals surface area contributed by atoms with Gasteiger partial charge in [-0.05, 0) is 70.8 Å². The molecule has 61 heavy (non-hydrogen) atoms. The predicted octanol–water partition coefficient (Wildman–Crippen LogP) is 8.09. The minimum absolute atomic E-state index is 0.0708. The van der Waals surface area contributed by atoms with E-state index in [0.29, 0.717) is 32.8 Å². The number of benzene rings is 2. The average molecular weight is 869 g/mol. The average Bonchev–Trinajstić information content (AvgIpc) is 4.11. The molecule has 2 saturated carbocycles. The van der Waals surface area contributed by atoms with Crippen LogP contribution in [0, 0.1) is 25.7 Å². The molecule has 4 aromatic rings. The molecule has 4 fully saturated rings. The number of Topliss-reactive ketones (excluding diaryl/α,β-unsaturated/α-hetero) is 2. The van der Waals surface area contributed by atoms with Gasteiger partial charge in [-0.1, -0.05) is 48.9 Å². The summed E-state index contributed by atoms with van der Waals surface area (Å²) in [5.41, 5.74) is 4.37. The van der Waals surface area contributed by atoms with E-state index in [4.69, 9.17) is 0 Å². The van der Waals surface area contributed by atoms with Gasteiger partial charge in [0.1, 0.15) is 0 Å². The van der Waals surface area contributed by atoms with Gasteiger partial charge in [-0.3, -0.25) is 30.0 Å². The molecule has 0 bridgehead atoms. The number of aryl methyl sites for hydroxylation is 2. The number of nitrogens with zero attached hydrogens (tertiary/aromatic N) is 5. The Kier molecular flexibility index (Phi) is 15.7. The number of amides is 4. The monoisotopic (exact) mass is 868 g/mol. The first-order valence-electron chi connectivity index (χ1n) is 21.8. The summed E-state index contributed by atoms with van der Waals surface area (Å²) >= 11 is 2.98. The molecule has 2 aromatic heterocycles. The van der Waals surface area contributed by atoms with Crippen molar-refractivity contribution in [1.29, 1.82) is 0 Å². The molecular formula is C45H60N10O4S2. The van der Waals surface area contributed by atoms with Crippen LogP contribution >= 0.6 is 22.7 Å². The number of hydrogen-bond donors (Lipinski definition) is 5. The first-order chi connectivity index (χ1) is 29.6. The Labute approximate surface area is 367 Å². The number of ketones is 2. The molecule has 2 aliphatic carbocycles. The molecule has 2 aromatic carbocycles. The van der Waals surface area contributed by atoms with Gasteiger partial charge in [-0.25, -0.2) is 19.6 Å². The Morgan fingerprint density at radius 1 is 0.623 bits per heavy atom. The Morgan fingerprint density at radius 3 is 1.49 bits per heavy atom. The lowest BCUT2D eigenvalue weighted by atomic mass is 9.94. The minimum atomic E-state index is -0.373. The quantitative estimate of drug-likeness (QED) is 0.0880. The van der Waals surface area contributed by atoms with E-state index in [-0.39, 0.29) is 35.5 Å². The van der Waals surface area contributed by atoms with Crippen LogP contribution in [-0.4, -0.2) is 108 Å². The lowest BCUT2D eigenvalue weighted by molar-refractivity contribution is 0.0916. The highest BCUT2D eigenvalue weighted by Gasteiger charge is 2.28. The summed E-state index contributed by atoms with van der Waals surface area (Å²) in [7, 11) is 2.14. The second-order valence-electron chi connectivity index (χ2n) is 16.8. The van der Waals surface area contributed by atoms with Gasteiger partial charge in [-0.2, -0.15) is 0 Å². The van der Waals surface area contributed by atoms with Crippen molar-refractivity contribution in [1.82, 2.24) is 30.0 Å². The second kappa shape index (κ2) is 21.5. The van der Waals surface area contributed by atoms with Crippen LogP contribution < -0.4 is 26.6 Å². The molecule has 0 radical (unpaired) electrons. The van der Waals surface area contributed by atoms with E-state index >= 15 is 0 Å². The van der Waals surface area contributed by atoms with Crippen molar-refractivity contribution in [2.24, 2.45) is 11.8 Å². The van der Waals surface area contributed by atoms with Crippen molar-refractivity contribution >= 4 is 67.9 Å². The molecule has 5 N–H and O–H groups in total. The van der Waals surface area contributed by atoms with Gasteiger partial charge in [-0.15, -0.1) is 22.7 Å². The van der Waals surface area contributed by atoms with E-state index in [1.807, 2.05) is 62.6 Å². The number of piperazine rings is 2. The lowest BCUT2D eigenvalue weighted by Crippen LogP contribution is -2.43. The zero-order valence-corrected chi connectivity index (χ0v) is 37.3. The van der Waals surface area contributed by atoms with Crippen molar-refractivity contribution in [2.75, 3.05) is 80.7 Å². The fourth-order valence-electron chi connectivity index (χ4n) is 8.45. The third-order valence-corrected chi connectivity index (χ3v) is 13.7. The summed E-state index contributed by atoms with van der Waals surface area (Å²) < 4.78 is 0. The van der Waals surface area contributed by atoms with Crippen LogP contribution in [0.1, 0.15) is 93.0 Å². The minimum Gasteiger partial charge on any atom is -0.314 e. The van der Waals surface area contributed by atoms with Gasteiger partial charge < -0.3 is 20.9 Å². The van der Waals surface area contributed by atoms with Crippen LogP contribution in [0.25, 0.3) is 0 Å². The highest BCUT2D eigenvalue weighted by molar-refractivity contribution is 7.16. The zero-order chi connectivity index (χ0) is 42.7. The highest BCUT2D eigenvalue weighted by Crippen LogP contribution is 2.33. The van der Waals surface area contributed by atoms with Crippen LogP contribution in [0.4, 0.5) is 31.2 Å². The Hall–Kier alpha value is -4.58. The number of nitrogens with one attached hydrogen (secondary N) is 5. The SMILES string of the molecule is Cc1ccc(NC(=O)Nc2ncc(CN3CCN(C)CC3)s2)c(C(=O)C2CCCC2)c1.Cc1ccc(NC(=O)Nc2ncc(CN3CCNCC3)s2)c(C(=O)C2CCCC2)c1. The summed E-state index contributed by atoms with van der Waals surface area (Å²) in [6, 6.07) is 10.5. The molecule has 0 spiro atoms. The standard InChI is InChI=1S/C23H31N5O2S.C22H29N5O2S/c1-16-7-8-20(19(13-16)21(29)17-5-3-4-6-17)25-22(30)26-23-24-14-18(31-23)15-28-11-9-27(2)10-12-28;1-15-6-7-19(18(12-15)20(28)16-4-2-3-5-16)25-21(29)26-22-24-13-17(30-22)14-27-10-8-23-9-11-27/h7-8,13-14,17H,3-6,9-12,15H2,1-2H3,(H2,24,25,26,30);6-7,12-13,16,23H,2-5,8-11,14H2,1H3,(H2,24,25,26,29). The summed E-state index contributed by atoms with van der Waals surface area (Å²) in [5, 5.41) is 15.8. The van der Waals surface area contributed by atoms with Crippen LogP contribution in [-0.2, 0) is 13.1 Å². The smallest absolute Gasteiger partial charge is 0.314 e. The topological polar surface area (TPSA) is 164 Å². The predicted molar refractivity (Wildman–Crippen MR) is 245 cm³/mol. The largest absolute Gasteiger partial charge is 0.325 e.